The van der Waals surface area contributed by atoms with Crippen LogP contribution in [0.1, 0.15) is 10.4 Å². The molecule has 0 heterocycles. The van der Waals surface area contributed by atoms with Crippen LogP contribution in [0.15, 0.2) is 53.4 Å². The van der Waals surface area contributed by atoms with Crippen LogP contribution in [0.4, 0.5) is 14.5 Å². The molecule has 0 spiro atoms. The van der Waals surface area contributed by atoms with Crippen molar-refractivity contribution in [1.82, 2.24) is 4.90 Å². The summed E-state index contributed by atoms with van der Waals surface area (Å²) in [5.74, 6) is -3.76. The van der Waals surface area contributed by atoms with Gasteiger partial charge in [-0.05, 0) is 36.4 Å². The second-order valence-electron chi connectivity index (χ2n) is 6.01. The Bertz CT molecular complexity index is 893. The molecule has 0 unspecified atom stereocenters. The van der Waals surface area contributed by atoms with E-state index in [-0.39, 0.29) is 12.1 Å². The summed E-state index contributed by atoms with van der Waals surface area (Å²) >= 11 is 0.358. The molecule has 0 aliphatic rings. The Kier molecular flexibility index (Phi) is 8.60. The maximum Gasteiger partial charge on any atom is 0.338 e. The number of hydrogen-bond donors (Lipinski definition) is 1. The van der Waals surface area contributed by atoms with Crippen molar-refractivity contribution >= 4 is 35.2 Å². The molecule has 0 fully saturated rings. The molecular formula is C20H20F2N2O5S. The number of halogens is 2. The molecule has 0 atom stereocenters. The normalized spacial score (nSPS) is 10.4. The summed E-state index contributed by atoms with van der Waals surface area (Å²) in [7, 11) is 2.91. The van der Waals surface area contributed by atoms with Gasteiger partial charge in [-0.1, -0.05) is 17.8 Å². The van der Waals surface area contributed by atoms with Crippen molar-refractivity contribution in [3.63, 3.8) is 0 Å². The van der Waals surface area contributed by atoms with Crippen LogP contribution in [0.25, 0.3) is 0 Å². The van der Waals surface area contributed by atoms with Gasteiger partial charge >= 0.3 is 5.97 Å². The van der Waals surface area contributed by atoms with Crippen LogP contribution >= 0.6 is 11.8 Å². The van der Waals surface area contributed by atoms with E-state index in [0.29, 0.717) is 28.1 Å². The SMILES string of the molecule is COc1cccc(NC(=O)CN(C)C(=O)COC(=O)c2ccc(SC(F)F)cc2)c1. The van der Waals surface area contributed by atoms with Crippen LogP contribution < -0.4 is 10.1 Å². The number of benzene rings is 2. The minimum atomic E-state index is -2.56. The first-order chi connectivity index (χ1) is 14.3. The van der Waals surface area contributed by atoms with Crippen LogP contribution in [-0.2, 0) is 14.3 Å². The standard InChI is InChI=1S/C20H20F2N2O5S/c1-24(11-17(25)23-14-4-3-5-15(10-14)28-2)18(26)12-29-19(27)13-6-8-16(9-7-13)30-20(21)22/h3-10,20H,11-12H2,1-2H3,(H,23,25). The molecule has 0 aliphatic carbocycles. The molecule has 2 aromatic carbocycles. The number of anilines is 1. The van der Waals surface area contributed by atoms with Crippen LogP contribution in [-0.4, -0.2) is 55.8 Å². The minimum absolute atomic E-state index is 0.125. The summed E-state index contributed by atoms with van der Waals surface area (Å²) in [4.78, 5) is 37.6. The highest BCUT2D eigenvalue weighted by molar-refractivity contribution is 7.99. The second kappa shape index (κ2) is 11.1. The molecule has 0 saturated heterocycles. The monoisotopic (exact) mass is 438 g/mol. The topological polar surface area (TPSA) is 84.9 Å². The van der Waals surface area contributed by atoms with Crippen molar-refractivity contribution in [3.05, 3.63) is 54.1 Å². The van der Waals surface area contributed by atoms with Crippen LogP contribution in [0.2, 0.25) is 0 Å². The molecule has 2 aromatic rings. The minimum Gasteiger partial charge on any atom is -0.497 e. The molecule has 0 aliphatic heterocycles. The van der Waals surface area contributed by atoms with Gasteiger partial charge in [0.05, 0.1) is 19.2 Å². The van der Waals surface area contributed by atoms with Crippen molar-refractivity contribution in [3.8, 4) is 5.75 Å². The maximum absolute atomic E-state index is 12.3. The second-order valence-corrected chi connectivity index (χ2v) is 7.07. The number of methoxy groups -OCH3 is 1. The number of alkyl halides is 2. The number of thioether (sulfide) groups is 1. The summed E-state index contributed by atoms with van der Waals surface area (Å²) in [5.41, 5.74) is 0.639. The first-order valence-corrected chi connectivity index (χ1v) is 9.56. The summed E-state index contributed by atoms with van der Waals surface area (Å²) in [6.45, 7) is -0.803. The summed E-state index contributed by atoms with van der Waals surface area (Å²) in [6, 6.07) is 12.1. The lowest BCUT2D eigenvalue weighted by Gasteiger charge is -2.17. The Hall–Kier alpha value is -3.14. The predicted octanol–water partition coefficient (Wildman–Crippen LogP) is 3.26. The zero-order valence-corrected chi connectivity index (χ0v) is 17.1. The summed E-state index contributed by atoms with van der Waals surface area (Å²) in [5, 5.41) is 2.64. The number of carbonyl (C=O) groups is 3. The van der Waals surface area contributed by atoms with E-state index in [1.807, 2.05) is 0 Å². The average Bonchev–Trinajstić information content (AvgIpc) is 2.71. The average molecular weight is 438 g/mol. The van der Waals surface area contributed by atoms with Gasteiger partial charge < -0.3 is 19.7 Å². The Labute approximate surface area is 176 Å². The lowest BCUT2D eigenvalue weighted by atomic mass is 10.2. The van der Waals surface area contributed by atoms with Crippen molar-refractivity contribution in [2.75, 3.05) is 32.6 Å². The molecule has 1 N–H and O–H groups in total. The molecular weight excluding hydrogens is 418 g/mol. The number of likely N-dealkylation sites (N-methyl/N-ethyl adjacent to an activating group) is 1. The number of nitrogens with one attached hydrogen (secondary N) is 1. The highest BCUT2D eigenvalue weighted by atomic mass is 32.2. The number of nitrogens with zero attached hydrogens (tertiary/aromatic N) is 1. The first-order valence-electron chi connectivity index (χ1n) is 8.68. The smallest absolute Gasteiger partial charge is 0.338 e. The van der Waals surface area contributed by atoms with Crippen LogP contribution in [0.3, 0.4) is 0 Å². The van der Waals surface area contributed by atoms with Crippen molar-refractivity contribution < 1.29 is 32.6 Å². The molecule has 2 rings (SSSR count). The molecule has 0 bridgehead atoms. The van der Waals surface area contributed by atoms with E-state index in [1.54, 1.807) is 24.3 Å². The molecule has 0 aromatic heterocycles. The van der Waals surface area contributed by atoms with Gasteiger partial charge in [0.2, 0.25) is 5.91 Å². The van der Waals surface area contributed by atoms with E-state index < -0.39 is 30.1 Å². The Balaban J connectivity index is 1.80. The largest absolute Gasteiger partial charge is 0.497 e. The van der Waals surface area contributed by atoms with Gasteiger partial charge in [0.25, 0.3) is 11.7 Å². The molecule has 0 saturated carbocycles. The predicted molar refractivity (Wildman–Crippen MR) is 108 cm³/mol. The van der Waals surface area contributed by atoms with Gasteiger partial charge in [-0.3, -0.25) is 9.59 Å². The maximum atomic E-state index is 12.3. The third-order valence-corrected chi connectivity index (χ3v) is 4.52. The van der Waals surface area contributed by atoms with E-state index in [4.69, 9.17) is 9.47 Å². The lowest BCUT2D eigenvalue weighted by Crippen LogP contribution is -2.37. The number of ether oxygens (including phenoxy) is 2. The zero-order valence-electron chi connectivity index (χ0n) is 16.3. The first kappa shape index (κ1) is 23.1. The quantitative estimate of drug-likeness (QED) is 0.478. The third-order valence-electron chi connectivity index (χ3n) is 3.80. The fourth-order valence-electron chi connectivity index (χ4n) is 2.30. The number of amides is 2. The fraction of sp³-hybridized carbons (Fsp3) is 0.250. The number of esters is 1. The van der Waals surface area contributed by atoms with E-state index in [1.165, 1.54) is 38.4 Å². The van der Waals surface area contributed by atoms with Crippen molar-refractivity contribution in [2.45, 2.75) is 10.7 Å². The summed E-state index contributed by atoms with van der Waals surface area (Å²) in [6.07, 6.45) is 0. The van der Waals surface area contributed by atoms with E-state index in [2.05, 4.69) is 5.32 Å². The summed E-state index contributed by atoms with van der Waals surface area (Å²) < 4.78 is 34.6. The molecule has 7 nitrogen and oxygen atoms in total. The van der Waals surface area contributed by atoms with E-state index in [9.17, 15) is 23.2 Å². The van der Waals surface area contributed by atoms with Crippen LogP contribution in [0, 0.1) is 0 Å². The Morgan fingerprint density at radius 3 is 2.47 bits per heavy atom. The molecule has 2 amide bonds. The van der Waals surface area contributed by atoms with Gasteiger partial charge in [0.1, 0.15) is 5.75 Å². The Morgan fingerprint density at radius 1 is 1.13 bits per heavy atom. The highest BCUT2D eigenvalue weighted by Gasteiger charge is 2.16. The van der Waals surface area contributed by atoms with E-state index >= 15 is 0 Å². The number of rotatable bonds is 9. The van der Waals surface area contributed by atoms with E-state index in [0.717, 1.165) is 4.90 Å². The molecule has 0 radical (unpaired) electrons. The zero-order chi connectivity index (χ0) is 22.1. The van der Waals surface area contributed by atoms with Crippen molar-refractivity contribution in [2.24, 2.45) is 0 Å². The van der Waals surface area contributed by atoms with Crippen molar-refractivity contribution in [1.29, 1.82) is 0 Å². The number of hydrogen-bond acceptors (Lipinski definition) is 6. The molecule has 10 heteroatoms. The van der Waals surface area contributed by atoms with Crippen LogP contribution in [0.5, 0.6) is 5.75 Å². The van der Waals surface area contributed by atoms with Gasteiger partial charge in [-0.2, -0.15) is 8.78 Å². The molecule has 30 heavy (non-hydrogen) atoms. The lowest BCUT2D eigenvalue weighted by molar-refractivity contribution is -0.136. The van der Waals surface area contributed by atoms with Gasteiger partial charge in [-0.25, -0.2) is 4.79 Å². The van der Waals surface area contributed by atoms with Gasteiger partial charge in [0, 0.05) is 23.7 Å². The Morgan fingerprint density at radius 2 is 1.83 bits per heavy atom. The number of carbonyl (C=O) groups excluding carboxylic acids is 3. The third kappa shape index (κ3) is 7.36. The molecule has 160 valence electrons. The van der Waals surface area contributed by atoms with Gasteiger partial charge in [-0.15, -0.1) is 0 Å². The van der Waals surface area contributed by atoms with Gasteiger partial charge in [0.15, 0.2) is 6.61 Å². The highest BCUT2D eigenvalue weighted by Crippen LogP contribution is 2.25. The fourth-order valence-corrected chi connectivity index (χ4v) is 2.80.